The van der Waals surface area contributed by atoms with Crippen molar-refractivity contribution in [1.29, 1.82) is 0 Å². The highest BCUT2D eigenvalue weighted by Crippen LogP contribution is 2.29. The second kappa shape index (κ2) is 8.92. The summed E-state index contributed by atoms with van der Waals surface area (Å²) in [5.74, 6) is -0.385. The molecule has 4 rings (SSSR count). The van der Waals surface area contributed by atoms with E-state index in [1.807, 2.05) is 24.3 Å². The minimum Gasteiger partial charge on any atom is -0.334 e. The van der Waals surface area contributed by atoms with Gasteiger partial charge in [-0.3, -0.25) is 9.78 Å². The minimum atomic E-state index is -5.48. The molecule has 1 amide bonds. The van der Waals surface area contributed by atoms with Crippen LogP contribution >= 0.6 is 11.6 Å². The third kappa shape index (κ3) is 4.83. The molecule has 0 radical (unpaired) electrons. The zero-order valence-corrected chi connectivity index (χ0v) is 18.7. The SMILES string of the molecule is O=C(c1ccnc2ccc(-c3ccc(Cl)cc3)cc12)N1CCC[C@H]1CNS(=O)(=O)C(F)(F)F. The third-order valence-electron chi connectivity index (χ3n) is 5.60. The zero-order valence-electron chi connectivity index (χ0n) is 17.1. The van der Waals surface area contributed by atoms with Gasteiger partial charge in [-0.15, -0.1) is 0 Å². The number of hydrogen-bond donors (Lipinski definition) is 1. The second-order valence-corrected chi connectivity index (χ2v) is 9.88. The quantitative estimate of drug-likeness (QED) is 0.559. The van der Waals surface area contributed by atoms with E-state index < -0.39 is 28.1 Å². The number of benzene rings is 2. The van der Waals surface area contributed by atoms with Crippen LogP contribution in [0.3, 0.4) is 0 Å². The van der Waals surface area contributed by atoms with E-state index in [2.05, 4.69) is 4.98 Å². The number of halogens is 4. The van der Waals surface area contributed by atoms with Gasteiger partial charge in [0.1, 0.15) is 0 Å². The Kier molecular flexibility index (Phi) is 6.35. The van der Waals surface area contributed by atoms with Gasteiger partial charge < -0.3 is 4.90 Å². The van der Waals surface area contributed by atoms with E-state index in [1.54, 1.807) is 29.0 Å². The van der Waals surface area contributed by atoms with Crippen molar-refractivity contribution in [1.82, 2.24) is 14.6 Å². The summed E-state index contributed by atoms with van der Waals surface area (Å²) in [6.07, 6.45) is 2.45. The molecule has 3 aromatic rings. The topological polar surface area (TPSA) is 79.4 Å². The van der Waals surface area contributed by atoms with E-state index >= 15 is 0 Å². The maximum absolute atomic E-state index is 13.4. The number of rotatable bonds is 5. The number of nitrogens with one attached hydrogen (secondary N) is 1. The smallest absolute Gasteiger partial charge is 0.334 e. The first kappa shape index (κ1) is 23.5. The molecular formula is C22H19ClF3N3O3S. The summed E-state index contributed by atoms with van der Waals surface area (Å²) in [6, 6.07) is 13.6. The van der Waals surface area contributed by atoms with Gasteiger partial charge >= 0.3 is 15.5 Å². The van der Waals surface area contributed by atoms with Crippen LogP contribution in [-0.4, -0.2) is 48.8 Å². The predicted molar refractivity (Wildman–Crippen MR) is 119 cm³/mol. The van der Waals surface area contributed by atoms with Crippen LogP contribution in [-0.2, 0) is 10.0 Å². The number of sulfonamides is 1. The lowest BCUT2D eigenvalue weighted by atomic mass is 10.0. The van der Waals surface area contributed by atoms with Crippen molar-refractivity contribution < 1.29 is 26.4 Å². The summed E-state index contributed by atoms with van der Waals surface area (Å²) < 4.78 is 62.3. The van der Waals surface area contributed by atoms with Crippen LogP contribution in [0.5, 0.6) is 0 Å². The second-order valence-electron chi connectivity index (χ2n) is 7.69. The van der Waals surface area contributed by atoms with Crippen LogP contribution < -0.4 is 4.72 Å². The summed E-state index contributed by atoms with van der Waals surface area (Å²) in [4.78, 5) is 19.1. The summed E-state index contributed by atoms with van der Waals surface area (Å²) in [5, 5.41) is 1.19. The molecule has 11 heteroatoms. The van der Waals surface area contributed by atoms with Crippen molar-refractivity contribution in [3.8, 4) is 11.1 Å². The van der Waals surface area contributed by atoms with Gasteiger partial charge in [-0.2, -0.15) is 13.2 Å². The highest BCUT2D eigenvalue weighted by Gasteiger charge is 2.46. The minimum absolute atomic E-state index is 0.317. The number of carbonyl (C=O) groups excluding carboxylic acids is 1. The van der Waals surface area contributed by atoms with Gasteiger partial charge in [0.25, 0.3) is 5.91 Å². The van der Waals surface area contributed by atoms with Crippen LogP contribution in [0, 0.1) is 0 Å². The molecule has 1 aliphatic heterocycles. The molecule has 1 atom stereocenters. The van der Waals surface area contributed by atoms with E-state index in [0.717, 1.165) is 11.1 Å². The van der Waals surface area contributed by atoms with Gasteiger partial charge in [0.2, 0.25) is 0 Å². The van der Waals surface area contributed by atoms with E-state index in [-0.39, 0.29) is 5.91 Å². The largest absolute Gasteiger partial charge is 0.511 e. The van der Waals surface area contributed by atoms with Crippen LogP contribution in [0.4, 0.5) is 13.2 Å². The number of fused-ring (bicyclic) bond motifs is 1. The van der Waals surface area contributed by atoms with E-state index in [1.165, 1.54) is 11.1 Å². The Labute approximate surface area is 193 Å². The number of alkyl halides is 3. The molecule has 2 aromatic carbocycles. The van der Waals surface area contributed by atoms with Crippen molar-refractivity contribution in [2.75, 3.05) is 13.1 Å². The molecule has 1 fully saturated rings. The molecule has 33 heavy (non-hydrogen) atoms. The molecular weight excluding hydrogens is 479 g/mol. The van der Waals surface area contributed by atoms with Gasteiger partial charge in [-0.25, -0.2) is 13.1 Å². The van der Waals surface area contributed by atoms with Crippen molar-refractivity contribution in [3.63, 3.8) is 0 Å². The highest BCUT2D eigenvalue weighted by atomic mass is 35.5. The molecule has 0 saturated carbocycles. The Bertz CT molecular complexity index is 1300. The van der Waals surface area contributed by atoms with Crippen LogP contribution in [0.2, 0.25) is 5.02 Å². The molecule has 174 valence electrons. The Balaban J connectivity index is 1.63. The fraction of sp³-hybridized carbons (Fsp3) is 0.273. The fourth-order valence-electron chi connectivity index (χ4n) is 3.91. The highest BCUT2D eigenvalue weighted by molar-refractivity contribution is 7.90. The van der Waals surface area contributed by atoms with E-state index in [4.69, 9.17) is 11.6 Å². The molecule has 1 aromatic heterocycles. The monoisotopic (exact) mass is 497 g/mol. The lowest BCUT2D eigenvalue weighted by molar-refractivity contribution is -0.0448. The van der Waals surface area contributed by atoms with Gasteiger partial charge in [0.15, 0.2) is 0 Å². The Morgan fingerprint density at radius 2 is 1.82 bits per heavy atom. The maximum Gasteiger partial charge on any atom is 0.511 e. The van der Waals surface area contributed by atoms with Gasteiger partial charge in [0.05, 0.1) is 11.1 Å². The number of hydrogen-bond acceptors (Lipinski definition) is 4. The van der Waals surface area contributed by atoms with Crippen LogP contribution in [0.1, 0.15) is 23.2 Å². The first-order chi connectivity index (χ1) is 15.6. The Morgan fingerprint density at radius 1 is 1.12 bits per heavy atom. The molecule has 0 bridgehead atoms. The number of nitrogens with zero attached hydrogens (tertiary/aromatic N) is 2. The van der Waals surface area contributed by atoms with Crippen molar-refractivity contribution in [3.05, 3.63) is 65.3 Å². The molecule has 1 N–H and O–H groups in total. The molecule has 0 spiro atoms. The fourth-order valence-corrected chi connectivity index (χ4v) is 4.61. The lowest BCUT2D eigenvalue weighted by Crippen LogP contribution is -2.46. The van der Waals surface area contributed by atoms with Gasteiger partial charge in [-0.05, 0) is 54.3 Å². The molecule has 6 nitrogen and oxygen atoms in total. The molecule has 1 aliphatic rings. The standard InChI is InChI=1S/C22H19ClF3N3O3S/c23-16-6-3-14(4-7-16)15-5-8-20-19(12-15)18(9-10-27-20)21(30)29-11-1-2-17(29)13-28-33(31,32)22(24,25)26/h3-10,12,17,28H,1-2,11,13H2/t17-/m0/s1. The van der Waals surface area contributed by atoms with Crippen LogP contribution in [0.15, 0.2) is 54.7 Å². The molecule has 2 heterocycles. The average molecular weight is 498 g/mol. The maximum atomic E-state index is 13.4. The average Bonchev–Trinajstić information content (AvgIpc) is 3.25. The van der Waals surface area contributed by atoms with Gasteiger partial charge in [0, 0.05) is 35.7 Å². The third-order valence-corrected chi connectivity index (χ3v) is 7.01. The molecule has 0 aliphatic carbocycles. The number of amides is 1. The van der Waals surface area contributed by atoms with Crippen molar-refractivity contribution in [2.24, 2.45) is 0 Å². The normalized spacial score (nSPS) is 17.0. The lowest BCUT2D eigenvalue weighted by Gasteiger charge is -2.25. The van der Waals surface area contributed by atoms with Crippen molar-refractivity contribution in [2.45, 2.75) is 24.4 Å². The van der Waals surface area contributed by atoms with Crippen LogP contribution in [0.25, 0.3) is 22.0 Å². The summed E-state index contributed by atoms with van der Waals surface area (Å²) in [6.45, 7) is -0.190. The van der Waals surface area contributed by atoms with Gasteiger partial charge in [-0.1, -0.05) is 29.8 Å². The first-order valence-corrected chi connectivity index (χ1v) is 11.9. The first-order valence-electron chi connectivity index (χ1n) is 10.1. The predicted octanol–water partition coefficient (Wildman–Crippen LogP) is 4.60. The number of likely N-dealkylation sites (tertiary alicyclic amines) is 1. The van der Waals surface area contributed by atoms with Crippen molar-refractivity contribution >= 4 is 38.4 Å². The molecule has 0 unspecified atom stereocenters. The molecule has 1 saturated heterocycles. The summed E-state index contributed by atoms with van der Waals surface area (Å²) >= 11 is 5.96. The number of pyridine rings is 1. The van der Waals surface area contributed by atoms with E-state index in [0.29, 0.717) is 40.9 Å². The summed E-state index contributed by atoms with van der Waals surface area (Å²) in [5.41, 5.74) is -2.73. The Morgan fingerprint density at radius 3 is 2.52 bits per heavy atom. The zero-order chi connectivity index (χ0) is 23.8. The number of aromatic nitrogens is 1. The summed E-state index contributed by atoms with van der Waals surface area (Å²) in [7, 11) is -5.48. The Hall–Kier alpha value is -2.69. The van der Waals surface area contributed by atoms with E-state index in [9.17, 15) is 26.4 Å². The number of carbonyl (C=O) groups is 1.